The normalized spacial score (nSPS) is 31.7. The Morgan fingerprint density at radius 3 is 2.23 bits per heavy atom. The van der Waals surface area contributed by atoms with E-state index >= 15 is 0 Å². The molecule has 8 nitrogen and oxygen atoms in total. The molecule has 2 N–H and O–H groups in total. The summed E-state index contributed by atoms with van der Waals surface area (Å²) in [7, 11) is 0. The molecular formula is C14H27N3O5. The zero-order valence-electron chi connectivity index (χ0n) is 13.3. The van der Waals surface area contributed by atoms with Crippen molar-refractivity contribution in [3.63, 3.8) is 0 Å². The van der Waals surface area contributed by atoms with Gasteiger partial charge in [0.25, 0.3) is 0 Å². The number of hydrogen-bond acceptors (Lipinski definition) is 6. The maximum absolute atomic E-state index is 9.98. The molecule has 22 heavy (non-hydrogen) atoms. The fourth-order valence-electron chi connectivity index (χ4n) is 2.36. The Kier molecular flexibility index (Phi) is 9.38. The van der Waals surface area contributed by atoms with Gasteiger partial charge in [0.15, 0.2) is 6.29 Å². The minimum atomic E-state index is -1.31. The second kappa shape index (κ2) is 10.8. The van der Waals surface area contributed by atoms with Crippen molar-refractivity contribution in [3.8, 4) is 0 Å². The summed E-state index contributed by atoms with van der Waals surface area (Å²) < 4.78 is 16.9. The molecule has 0 radical (unpaired) electrons. The number of aliphatic hydroxyl groups excluding tert-OH is 2. The molecule has 0 aliphatic carbocycles. The van der Waals surface area contributed by atoms with Crippen LogP contribution in [0.1, 0.15) is 39.5 Å². The highest BCUT2D eigenvalue weighted by Gasteiger charge is 2.46. The van der Waals surface area contributed by atoms with Gasteiger partial charge in [-0.25, -0.2) is 0 Å². The topological polar surface area (TPSA) is 117 Å². The smallest absolute Gasteiger partial charge is 0.166 e. The van der Waals surface area contributed by atoms with Crippen LogP contribution in [-0.4, -0.2) is 60.7 Å². The maximum Gasteiger partial charge on any atom is 0.166 e. The Labute approximate surface area is 131 Å². The molecule has 0 aromatic carbocycles. The number of rotatable bonds is 10. The van der Waals surface area contributed by atoms with Gasteiger partial charge >= 0.3 is 0 Å². The van der Waals surface area contributed by atoms with E-state index in [4.69, 9.17) is 19.7 Å². The van der Waals surface area contributed by atoms with Crippen molar-refractivity contribution in [3.05, 3.63) is 10.4 Å². The second-order valence-corrected chi connectivity index (χ2v) is 5.32. The quantitative estimate of drug-likeness (QED) is 0.275. The Bertz CT molecular complexity index is 351. The van der Waals surface area contributed by atoms with E-state index in [0.717, 1.165) is 25.7 Å². The number of aliphatic hydroxyl groups is 2. The molecule has 128 valence electrons. The predicted octanol–water partition coefficient (Wildman–Crippen LogP) is 1.75. The number of unbranched alkanes of at least 4 members (excludes halogenated alkanes) is 2. The van der Waals surface area contributed by atoms with Crippen LogP contribution in [0.25, 0.3) is 10.4 Å². The molecule has 0 aromatic rings. The van der Waals surface area contributed by atoms with E-state index in [-0.39, 0.29) is 6.61 Å². The van der Waals surface area contributed by atoms with Gasteiger partial charge in [-0.3, -0.25) is 0 Å². The van der Waals surface area contributed by atoms with E-state index in [9.17, 15) is 10.2 Å². The minimum Gasteiger partial charge on any atom is -0.394 e. The van der Waals surface area contributed by atoms with Crippen molar-refractivity contribution in [2.24, 2.45) is 5.11 Å². The molecule has 0 spiro atoms. The van der Waals surface area contributed by atoms with Crippen molar-refractivity contribution in [1.82, 2.24) is 0 Å². The van der Waals surface area contributed by atoms with Crippen molar-refractivity contribution in [2.75, 3.05) is 19.8 Å². The van der Waals surface area contributed by atoms with Crippen molar-refractivity contribution in [2.45, 2.75) is 70.2 Å². The van der Waals surface area contributed by atoms with Gasteiger partial charge in [-0.15, -0.1) is 0 Å². The van der Waals surface area contributed by atoms with Crippen molar-refractivity contribution >= 4 is 0 Å². The van der Waals surface area contributed by atoms with Gasteiger partial charge in [0.2, 0.25) is 0 Å². The van der Waals surface area contributed by atoms with Crippen molar-refractivity contribution in [1.29, 1.82) is 0 Å². The van der Waals surface area contributed by atoms with Crippen LogP contribution < -0.4 is 0 Å². The molecule has 5 atom stereocenters. The zero-order chi connectivity index (χ0) is 16.4. The van der Waals surface area contributed by atoms with Crippen LogP contribution in [0.5, 0.6) is 0 Å². The van der Waals surface area contributed by atoms with E-state index in [1.165, 1.54) is 0 Å². The molecule has 1 heterocycles. The van der Waals surface area contributed by atoms with E-state index in [0.29, 0.717) is 13.2 Å². The highest BCUT2D eigenvalue weighted by molar-refractivity contribution is 4.95. The molecule has 1 unspecified atom stereocenters. The summed E-state index contributed by atoms with van der Waals surface area (Å²) in [6, 6.07) is -0.892. The molecule has 1 saturated heterocycles. The lowest BCUT2D eigenvalue weighted by molar-refractivity contribution is -0.266. The fraction of sp³-hybridized carbons (Fsp3) is 1.00. The first-order valence-corrected chi connectivity index (χ1v) is 7.91. The lowest BCUT2D eigenvalue weighted by atomic mass is 9.97. The molecule has 1 aliphatic heterocycles. The predicted molar refractivity (Wildman–Crippen MR) is 80.2 cm³/mol. The maximum atomic E-state index is 9.98. The SMILES string of the molecule is CCCCOC1[C@H](N=[N+]=[N-])[C@H](O)O[C@@H](CO)[C@H]1OCCCC. The van der Waals surface area contributed by atoms with Gasteiger partial charge < -0.3 is 24.4 Å². The number of ether oxygens (including phenoxy) is 3. The summed E-state index contributed by atoms with van der Waals surface area (Å²) in [5, 5.41) is 23.0. The molecule has 1 rings (SSSR count). The summed E-state index contributed by atoms with van der Waals surface area (Å²) in [6.45, 7) is 4.75. The van der Waals surface area contributed by atoms with Crippen molar-refractivity contribution < 1.29 is 24.4 Å². The van der Waals surface area contributed by atoms with E-state index < -0.39 is 30.6 Å². The van der Waals surface area contributed by atoms with E-state index in [1.54, 1.807) is 0 Å². The highest BCUT2D eigenvalue weighted by Crippen LogP contribution is 2.27. The van der Waals surface area contributed by atoms with Gasteiger partial charge in [-0.1, -0.05) is 31.8 Å². The summed E-state index contributed by atoms with van der Waals surface area (Å²) in [4.78, 5) is 2.76. The Hall–Kier alpha value is -0.890. The fourth-order valence-corrected chi connectivity index (χ4v) is 2.36. The third-order valence-corrected chi connectivity index (χ3v) is 3.61. The molecule has 0 aromatic heterocycles. The van der Waals surface area contributed by atoms with Gasteiger partial charge in [-0.05, 0) is 18.4 Å². The largest absolute Gasteiger partial charge is 0.394 e. The van der Waals surface area contributed by atoms with Crippen LogP contribution in [0.2, 0.25) is 0 Å². The van der Waals surface area contributed by atoms with Gasteiger partial charge in [-0.2, -0.15) is 0 Å². The summed E-state index contributed by atoms with van der Waals surface area (Å²) >= 11 is 0. The van der Waals surface area contributed by atoms with Crippen LogP contribution in [0.3, 0.4) is 0 Å². The molecule has 0 amide bonds. The number of hydrogen-bond donors (Lipinski definition) is 2. The zero-order valence-corrected chi connectivity index (χ0v) is 13.3. The third-order valence-electron chi connectivity index (χ3n) is 3.61. The summed E-state index contributed by atoms with van der Waals surface area (Å²) in [5.74, 6) is 0. The third kappa shape index (κ3) is 5.39. The molecule has 8 heteroatoms. The molecule has 1 fully saturated rings. The van der Waals surface area contributed by atoms with Crippen LogP contribution in [0.15, 0.2) is 5.11 Å². The number of azide groups is 1. The summed E-state index contributed by atoms with van der Waals surface area (Å²) in [6.07, 6.45) is 0.415. The van der Waals surface area contributed by atoms with Gasteiger partial charge in [0, 0.05) is 18.1 Å². The van der Waals surface area contributed by atoms with Gasteiger partial charge in [0.05, 0.1) is 12.7 Å². The molecule has 1 aliphatic rings. The first-order chi connectivity index (χ1) is 10.7. The van der Waals surface area contributed by atoms with Crippen LogP contribution >= 0.6 is 0 Å². The Morgan fingerprint density at radius 2 is 1.73 bits per heavy atom. The molecule has 0 bridgehead atoms. The van der Waals surface area contributed by atoms with Crippen LogP contribution in [-0.2, 0) is 14.2 Å². The van der Waals surface area contributed by atoms with Crippen LogP contribution in [0.4, 0.5) is 0 Å². The monoisotopic (exact) mass is 317 g/mol. The summed E-state index contributed by atoms with van der Waals surface area (Å²) in [5.41, 5.74) is 8.70. The lowest BCUT2D eigenvalue weighted by Crippen LogP contribution is -2.59. The minimum absolute atomic E-state index is 0.301. The first kappa shape index (κ1) is 19.2. The lowest BCUT2D eigenvalue weighted by Gasteiger charge is -2.42. The van der Waals surface area contributed by atoms with E-state index in [2.05, 4.69) is 10.0 Å². The number of nitrogens with zero attached hydrogens (tertiary/aromatic N) is 3. The van der Waals surface area contributed by atoms with Crippen LogP contribution in [0, 0.1) is 0 Å². The average Bonchev–Trinajstić information content (AvgIpc) is 2.52. The molecule has 0 saturated carbocycles. The average molecular weight is 317 g/mol. The van der Waals surface area contributed by atoms with Gasteiger partial charge in [0.1, 0.15) is 18.2 Å². The Morgan fingerprint density at radius 1 is 1.14 bits per heavy atom. The Balaban J connectivity index is 2.86. The standard InChI is InChI=1S/C14H27N3O5/c1-3-5-7-20-12-10(9-18)22-14(19)11(16-17-15)13(12)21-8-6-4-2/h10-14,18-19H,3-9H2,1-2H3/t10-,11-,12+,13?,14+/m0/s1. The highest BCUT2D eigenvalue weighted by atomic mass is 16.6. The first-order valence-electron chi connectivity index (χ1n) is 7.91. The molecular weight excluding hydrogens is 290 g/mol. The van der Waals surface area contributed by atoms with E-state index in [1.807, 2.05) is 13.8 Å². The second-order valence-electron chi connectivity index (χ2n) is 5.32.